The number of aliphatic hydroxyl groups excluding tert-OH is 2. The first-order valence-electron chi connectivity index (χ1n) is 23.4. The fourth-order valence-corrected chi connectivity index (χ4v) is 9.26. The van der Waals surface area contributed by atoms with Crippen LogP contribution >= 0.6 is 0 Å². The first kappa shape index (κ1) is 46.8. The predicted octanol–water partition coefficient (Wildman–Crippen LogP) is 8.70. The number of fused-ring (bicyclic) bond motifs is 2. The smallest absolute Gasteiger partial charge is 0.410 e. The molecular weight excluding hydrogens is 879 g/mol. The number of rotatable bonds is 8. The van der Waals surface area contributed by atoms with Crippen LogP contribution in [0.15, 0.2) is 58.1 Å². The molecule has 0 spiro atoms. The summed E-state index contributed by atoms with van der Waals surface area (Å²) in [5, 5.41) is 37.1. The van der Waals surface area contributed by atoms with Gasteiger partial charge in [-0.3, -0.25) is 0 Å². The summed E-state index contributed by atoms with van der Waals surface area (Å²) in [6, 6.07) is 7.98. The second kappa shape index (κ2) is 19.0. The number of aromatic nitrogens is 10. The highest BCUT2D eigenvalue weighted by Crippen LogP contribution is 2.35. The normalized spacial score (nSPS) is 18.6. The number of carbonyl (C=O) groups is 1. The minimum Gasteiger partial charge on any atom is -0.444 e. The largest absolute Gasteiger partial charge is 0.444 e. The van der Waals surface area contributed by atoms with Crippen LogP contribution in [0.2, 0.25) is 0 Å². The van der Waals surface area contributed by atoms with Crippen molar-refractivity contribution in [1.29, 1.82) is 0 Å². The van der Waals surface area contributed by atoms with Gasteiger partial charge in [0.25, 0.3) is 0 Å². The first-order chi connectivity index (χ1) is 33.0. The molecule has 69 heavy (non-hydrogen) atoms. The molecule has 8 aromatic rings. The van der Waals surface area contributed by atoms with Crippen molar-refractivity contribution in [3.63, 3.8) is 0 Å². The number of nitrogens with zero attached hydrogens (tertiary/aromatic N) is 9. The summed E-state index contributed by atoms with van der Waals surface area (Å²) in [4.78, 5) is 48.8. The monoisotopic (exact) mass is 937 g/mol. The van der Waals surface area contributed by atoms with Crippen LogP contribution in [0.4, 0.5) is 16.7 Å². The lowest BCUT2D eigenvalue weighted by Gasteiger charge is -2.36. The molecule has 19 nitrogen and oxygen atoms in total. The fraction of sp³-hybridized carbons (Fsp3) is 0.420. The lowest BCUT2D eigenvalue weighted by molar-refractivity contribution is 0.00175. The Morgan fingerprint density at radius 3 is 1.68 bits per heavy atom. The molecular formula is C50H59N13O6. The van der Waals surface area contributed by atoms with Gasteiger partial charge in [0.1, 0.15) is 28.4 Å². The van der Waals surface area contributed by atoms with Crippen LogP contribution in [0.1, 0.15) is 86.9 Å². The lowest BCUT2D eigenvalue weighted by Crippen LogP contribution is -2.52. The second-order valence-electron chi connectivity index (χ2n) is 19.2. The average molecular weight is 938 g/mol. The Hall–Kier alpha value is -7.25. The summed E-state index contributed by atoms with van der Waals surface area (Å²) < 4.78 is 16.1. The van der Waals surface area contributed by atoms with E-state index in [1.54, 1.807) is 6.20 Å². The van der Waals surface area contributed by atoms with Crippen LogP contribution in [0, 0.1) is 41.5 Å². The number of pyridine rings is 2. The number of carbonyl (C=O) groups excluding carboxylic acids is 1. The Morgan fingerprint density at radius 2 is 1.20 bits per heavy atom. The number of aromatic amines is 2. The van der Waals surface area contributed by atoms with Crippen molar-refractivity contribution >= 4 is 40.1 Å². The first-order valence-corrected chi connectivity index (χ1v) is 23.4. The zero-order chi connectivity index (χ0) is 48.7. The van der Waals surface area contributed by atoms with Crippen LogP contribution in [0.3, 0.4) is 0 Å². The van der Waals surface area contributed by atoms with Crippen molar-refractivity contribution < 1.29 is 28.8 Å². The van der Waals surface area contributed by atoms with Crippen molar-refractivity contribution in [2.24, 2.45) is 0 Å². The average Bonchev–Trinajstić information content (AvgIpc) is 4.09. The van der Waals surface area contributed by atoms with Gasteiger partial charge in [0.2, 0.25) is 11.9 Å². The Bertz CT molecular complexity index is 3110. The molecule has 1 saturated heterocycles. The summed E-state index contributed by atoms with van der Waals surface area (Å²) in [5.41, 5.74) is 11.4. The van der Waals surface area contributed by atoms with Gasteiger partial charge < -0.3 is 49.5 Å². The lowest BCUT2D eigenvalue weighted by atomic mass is 9.93. The van der Waals surface area contributed by atoms with E-state index in [1.807, 2.05) is 99.1 Å². The molecule has 4 atom stereocenters. The SMILES string of the molecule is Cc1cnc(N[C@@H]2CCC[C@H](O)C2)nc1-c1c[nH]c2nc(-c3c(C)noc3C)ccc12.Cc1cnc(N[C@H]2C[C@@H](O)CN(C(=O)OC(C)(C)C)C2)nc1-c1c[nH]c2nc(-c3c(C)noc3C)ccc12. The van der Waals surface area contributed by atoms with Gasteiger partial charge in [0.15, 0.2) is 0 Å². The molecule has 1 amide bonds. The molecule has 0 unspecified atom stereocenters. The number of hydrogen-bond donors (Lipinski definition) is 6. The van der Waals surface area contributed by atoms with Crippen LogP contribution in [-0.2, 0) is 4.74 Å². The van der Waals surface area contributed by atoms with E-state index in [2.05, 4.69) is 46.9 Å². The van der Waals surface area contributed by atoms with Gasteiger partial charge >= 0.3 is 6.09 Å². The molecule has 19 heteroatoms. The van der Waals surface area contributed by atoms with Crippen molar-refractivity contribution in [3.05, 3.63) is 83.1 Å². The summed E-state index contributed by atoms with van der Waals surface area (Å²) in [6.45, 7) is 17.6. The molecule has 9 heterocycles. The molecule has 0 bridgehead atoms. The highest BCUT2D eigenvalue weighted by molar-refractivity contribution is 5.95. The Balaban J connectivity index is 0.000000175. The van der Waals surface area contributed by atoms with E-state index >= 15 is 0 Å². The molecule has 1 saturated carbocycles. The van der Waals surface area contributed by atoms with Gasteiger partial charge in [-0.05, 0) is 130 Å². The van der Waals surface area contributed by atoms with E-state index in [-0.39, 0.29) is 24.7 Å². The number of likely N-dealkylation sites (tertiary alicyclic amines) is 1. The third kappa shape index (κ3) is 10.1. The van der Waals surface area contributed by atoms with Gasteiger partial charge in [0, 0.05) is 65.3 Å². The summed E-state index contributed by atoms with van der Waals surface area (Å²) >= 11 is 0. The summed E-state index contributed by atoms with van der Waals surface area (Å²) in [5.74, 6) is 2.49. The Labute approximate surface area is 398 Å². The van der Waals surface area contributed by atoms with Gasteiger partial charge in [-0.1, -0.05) is 10.3 Å². The third-order valence-corrected chi connectivity index (χ3v) is 12.5. The van der Waals surface area contributed by atoms with Gasteiger partial charge in [-0.2, -0.15) is 0 Å². The van der Waals surface area contributed by atoms with Crippen molar-refractivity contribution in [2.45, 2.75) is 124 Å². The Morgan fingerprint density at radius 1 is 0.696 bits per heavy atom. The second-order valence-corrected chi connectivity index (χ2v) is 19.2. The van der Waals surface area contributed by atoms with Crippen LogP contribution in [0.25, 0.3) is 67.1 Å². The maximum atomic E-state index is 12.6. The minimum atomic E-state index is -0.676. The zero-order valence-electron chi connectivity index (χ0n) is 40.4. The molecule has 1 aliphatic carbocycles. The molecule has 10 rings (SSSR count). The van der Waals surface area contributed by atoms with E-state index in [0.717, 1.165) is 127 Å². The number of ether oxygens (including phenoxy) is 1. The van der Waals surface area contributed by atoms with E-state index in [1.165, 1.54) is 4.90 Å². The van der Waals surface area contributed by atoms with Crippen molar-refractivity contribution in [3.8, 4) is 45.0 Å². The number of piperidine rings is 1. The predicted molar refractivity (Wildman–Crippen MR) is 261 cm³/mol. The number of hydrogen-bond acceptors (Lipinski definition) is 16. The molecule has 1 aliphatic heterocycles. The highest BCUT2D eigenvalue weighted by Gasteiger charge is 2.32. The number of H-pyrrole nitrogens is 2. The van der Waals surface area contributed by atoms with Crippen LogP contribution in [-0.4, -0.2) is 114 Å². The standard InChI is InChI=1S/C27H33N7O4.C23H26N6O2/c1-14-10-29-25(30-17-9-18(35)13-34(12-17)26(36)37-27(4,5)6)32-23(14)20-11-28-24-19(20)7-8-21(31-24)22-15(2)33-38-16(22)3;1-12-10-25-23(26-15-5-4-6-16(30)9-15)28-21(12)18-11-24-22-17(18)7-8-19(27-22)20-13(2)29-31-14(20)3/h7-8,10-11,17-18,35H,9,12-13H2,1-6H3,(H,28,31)(H,29,30,32);7-8,10-11,15-16,30H,4-6,9H2,1-3H3,(H,24,27)(H,25,26,28)/t17-,18+;15-,16+/m01/s1. The maximum Gasteiger partial charge on any atom is 0.410 e. The minimum absolute atomic E-state index is 0.196. The van der Waals surface area contributed by atoms with Crippen LogP contribution < -0.4 is 10.6 Å². The number of nitrogens with one attached hydrogen (secondary N) is 4. The highest BCUT2D eigenvalue weighted by atomic mass is 16.6. The van der Waals surface area contributed by atoms with E-state index in [0.29, 0.717) is 24.9 Å². The number of β-amino-alcohol motifs (C(OH)–C–C–N with tert-alkyl or cyclic N) is 1. The Kier molecular flexibility index (Phi) is 12.9. The topological polar surface area (TPSA) is 255 Å². The van der Waals surface area contributed by atoms with Crippen LogP contribution in [0.5, 0.6) is 0 Å². The number of aryl methyl sites for hydroxylation is 6. The summed E-state index contributed by atoms with van der Waals surface area (Å²) in [6.07, 6.45) is 10.2. The van der Waals surface area contributed by atoms with E-state index in [9.17, 15) is 15.0 Å². The van der Waals surface area contributed by atoms with Gasteiger partial charge in [-0.25, -0.2) is 34.7 Å². The number of aliphatic hydroxyl groups is 2. The molecule has 0 aromatic carbocycles. The molecule has 6 N–H and O–H groups in total. The molecule has 0 radical (unpaired) electrons. The van der Waals surface area contributed by atoms with Crippen molar-refractivity contribution in [1.82, 2.24) is 55.1 Å². The van der Waals surface area contributed by atoms with Gasteiger partial charge in [0.05, 0.1) is 64.0 Å². The third-order valence-electron chi connectivity index (χ3n) is 12.5. The summed E-state index contributed by atoms with van der Waals surface area (Å²) in [7, 11) is 0. The molecule has 360 valence electrons. The number of amides is 1. The molecule has 2 fully saturated rings. The molecule has 2 aliphatic rings. The van der Waals surface area contributed by atoms with E-state index < -0.39 is 17.8 Å². The van der Waals surface area contributed by atoms with Gasteiger partial charge in [-0.15, -0.1) is 0 Å². The molecule has 8 aromatic heterocycles. The number of anilines is 2. The maximum absolute atomic E-state index is 12.6. The quantitative estimate of drug-likeness (QED) is 0.0833. The van der Waals surface area contributed by atoms with Crippen molar-refractivity contribution in [2.75, 3.05) is 23.7 Å². The fourth-order valence-electron chi connectivity index (χ4n) is 9.26. The van der Waals surface area contributed by atoms with E-state index in [4.69, 9.17) is 33.7 Å². The zero-order valence-corrected chi connectivity index (χ0v) is 40.4.